The number of nitrogen functional groups attached to an aromatic ring is 1. The molecule has 0 aliphatic carbocycles. The number of ether oxygens (including phenoxy) is 1. The zero-order valence-corrected chi connectivity index (χ0v) is 19.7. The quantitative estimate of drug-likeness (QED) is 0.132. The molecule has 14 heteroatoms. The van der Waals surface area contributed by atoms with E-state index in [4.69, 9.17) is 25.8 Å². The maximum Gasteiger partial charge on any atom is 0.490 e. The predicted octanol–water partition coefficient (Wildman–Crippen LogP) is 3.96. The second-order valence-corrected chi connectivity index (χ2v) is 8.91. The Hall–Kier alpha value is -4.20. The summed E-state index contributed by atoms with van der Waals surface area (Å²) in [6.07, 6.45) is -5.08. The van der Waals surface area contributed by atoms with Gasteiger partial charge in [-0.25, -0.2) is 14.6 Å². The third-order valence-electron chi connectivity index (χ3n) is 4.50. The molecule has 0 unspecified atom stereocenters. The summed E-state index contributed by atoms with van der Waals surface area (Å²) in [6, 6.07) is 11.4. The number of carbonyl (C=O) groups is 3. The Bertz CT molecular complexity index is 1290. The number of nitrogens with two attached hydrogens (primary N) is 1. The predicted molar refractivity (Wildman–Crippen MR) is 126 cm³/mol. The summed E-state index contributed by atoms with van der Waals surface area (Å²) < 4.78 is 37.9. The molecule has 1 heterocycles. The smallest absolute Gasteiger partial charge is 0.481 e. The number of rotatable bonds is 7. The summed E-state index contributed by atoms with van der Waals surface area (Å²) in [5.74, 6) is -3.88. The van der Waals surface area contributed by atoms with Gasteiger partial charge < -0.3 is 26.0 Å². The lowest BCUT2D eigenvalue weighted by atomic mass is 9.94. The van der Waals surface area contributed by atoms with E-state index in [1.807, 2.05) is 0 Å². The standard InChI is InChI=1S/C20H20N4O4S.C2HF3O2/c1-20(2,18(26)27)10-23-19-24-14-8-5-12(9-15(14)29-19)17(25)28-13-6-3-11(4-7-13)16(21)22;3-2(4,5)1(6)7/h3-9H,10H2,1-2H3,(H3,21,22)(H,23,24)(H,26,27);(H,6,7). The van der Waals surface area contributed by atoms with Crippen molar-refractivity contribution in [3.63, 3.8) is 0 Å². The van der Waals surface area contributed by atoms with E-state index in [1.165, 1.54) is 11.3 Å². The van der Waals surface area contributed by atoms with Crippen LogP contribution in [0.2, 0.25) is 0 Å². The number of nitrogens with one attached hydrogen (secondary N) is 2. The minimum Gasteiger partial charge on any atom is -0.481 e. The summed E-state index contributed by atoms with van der Waals surface area (Å²) in [6.45, 7) is 3.49. The molecule has 10 nitrogen and oxygen atoms in total. The fourth-order valence-electron chi connectivity index (χ4n) is 2.37. The first kappa shape index (κ1) is 28.0. The van der Waals surface area contributed by atoms with Crippen LogP contribution in [0, 0.1) is 10.8 Å². The topological polar surface area (TPSA) is 176 Å². The van der Waals surface area contributed by atoms with E-state index >= 15 is 0 Å². The van der Waals surface area contributed by atoms with E-state index in [2.05, 4.69) is 10.3 Å². The van der Waals surface area contributed by atoms with Crippen molar-refractivity contribution in [2.24, 2.45) is 11.1 Å². The van der Waals surface area contributed by atoms with Crippen LogP contribution in [0.25, 0.3) is 10.2 Å². The van der Waals surface area contributed by atoms with Gasteiger partial charge in [-0.1, -0.05) is 11.3 Å². The highest BCUT2D eigenvalue weighted by atomic mass is 32.1. The molecule has 192 valence electrons. The van der Waals surface area contributed by atoms with E-state index in [0.29, 0.717) is 27.5 Å². The van der Waals surface area contributed by atoms with Gasteiger partial charge in [-0.3, -0.25) is 10.2 Å². The lowest BCUT2D eigenvalue weighted by molar-refractivity contribution is -0.192. The average Bonchev–Trinajstić information content (AvgIpc) is 3.20. The van der Waals surface area contributed by atoms with Crippen LogP contribution in [0.3, 0.4) is 0 Å². The summed E-state index contributed by atoms with van der Waals surface area (Å²) in [5.41, 5.74) is 6.10. The maximum absolute atomic E-state index is 12.4. The number of aliphatic carboxylic acids is 2. The molecule has 3 rings (SSSR count). The van der Waals surface area contributed by atoms with Crippen molar-refractivity contribution in [1.29, 1.82) is 5.41 Å². The van der Waals surface area contributed by atoms with Crippen LogP contribution < -0.4 is 15.8 Å². The van der Waals surface area contributed by atoms with E-state index in [9.17, 15) is 27.9 Å². The number of aromatic nitrogens is 1. The van der Waals surface area contributed by atoms with Crippen molar-refractivity contribution in [2.75, 3.05) is 11.9 Å². The van der Waals surface area contributed by atoms with Gasteiger partial charge in [0.05, 0.1) is 21.2 Å². The van der Waals surface area contributed by atoms with Gasteiger partial charge >= 0.3 is 24.1 Å². The fourth-order valence-corrected chi connectivity index (χ4v) is 3.27. The minimum absolute atomic E-state index is 0.0605. The van der Waals surface area contributed by atoms with Gasteiger partial charge in [-0.15, -0.1) is 0 Å². The number of esters is 1. The Morgan fingerprint density at radius 3 is 2.11 bits per heavy atom. The number of carboxylic acid groups (broad SMARTS) is 2. The average molecular weight is 526 g/mol. The molecule has 6 N–H and O–H groups in total. The number of thiazole rings is 1. The third-order valence-corrected chi connectivity index (χ3v) is 5.48. The van der Waals surface area contributed by atoms with Gasteiger partial charge in [-0.05, 0) is 56.3 Å². The molecule has 0 saturated carbocycles. The van der Waals surface area contributed by atoms with Crippen molar-refractivity contribution in [2.45, 2.75) is 20.0 Å². The van der Waals surface area contributed by atoms with Crippen LogP contribution in [0.1, 0.15) is 29.8 Å². The van der Waals surface area contributed by atoms with E-state index in [0.717, 1.165) is 4.70 Å². The number of carbonyl (C=O) groups excluding carboxylic acids is 1. The summed E-state index contributed by atoms with van der Waals surface area (Å²) in [4.78, 5) is 37.0. The zero-order valence-electron chi connectivity index (χ0n) is 18.8. The molecule has 0 aliphatic heterocycles. The van der Waals surface area contributed by atoms with Gasteiger partial charge in [0.25, 0.3) is 0 Å². The van der Waals surface area contributed by atoms with E-state index in [-0.39, 0.29) is 12.4 Å². The van der Waals surface area contributed by atoms with Crippen LogP contribution >= 0.6 is 11.3 Å². The number of nitrogens with zero attached hydrogens (tertiary/aromatic N) is 1. The summed E-state index contributed by atoms with van der Waals surface area (Å²) >= 11 is 1.33. The number of hydrogen-bond acceptors (Lipinski definition) is 8. The van der Waals surface area contributed by atoms with Crippen LogP contribution in [0.5, 0.6) is 5.75 Å². The molecule has 2 aromatic carbocycles. The molecule has 3 aromatic rings. The van der Waals surface area contributed by atoms with Crippen molar-refractivity contribution < 1.29 is 42.5 Å². The number of halogens is 3. The van der Waals surface area contributed by atoms with Crippen LogP contribution in [0.4, 0.5) is 18.3 Å². The largest absolute Gasteiger partial charge is 0.490 e. The monoisotopic (exact) mass is 526 g/mol. The van der Waals surface area contributed by atoms with E-state index in [1.54, 1.807) is 56.3 Å². The maximum atomic E-state index is 12.4. The molecule has 0 amide bonds. The van der Waals surface area contributed by atoms with Crippen LogP contribution in [-0.4, -0.2) is 51.7 Å². The Morgan fingerprint density at radius 1 is 1.06 bits per heavy atom. The Labute approximate surface area is 206 Å². The molecule has 0 aliphatic rings. The molecule has 1 aromatic heterocycles. The number of amidine groups is 1. The first-order valence-electron chi connectivity index (χ1n) is 9.95. The van der Waals surface area contributed by atoms with Gasteiger partial charge in [0.15, 0.2) is 5.13 Å². The molecule has 0 saturated heterocycles. The number of fused-ring (bicyclic) bond motifs is 1. The molecule has 0 radical (unpaired) electrons. The first-order valence-corrected chi connectivity index (χ1v) is 10.8. The normalized spacial score (nSPS) is 11.2. The number of hydrogen-bond donors (Lipinski definition) is 5. The molecule has 0 bridgehead atoms. The lowest BCUT2D eigenvalue weighted by Crippen LogP contribution is -2.31. The van der Waals surface area contributed by atoms with Gasteiger partial charge in [0.1, 0.15) is 11.6 Å². The van der Waals surface area contributed by atoms with Crippen LogP contribution in [0.15, 0.2) is 42.5 Å². The zero-order chi connectivity index (χ0) is 27.3. The lowest BCUT2D eigenvalue weighted by Gasteiger charge is -2.18. The highest BCUT2D eigenvalue weighted by molar-refractivity contribution is 7.22. The van der Waals surface area contributed by atoms with Gasteiger partial charge in [0, 0.05) is 12.1 Å². The summed E-state index contributed by atoms with van der Waals surface area (Å²) in [7, 11) is 0. The summed E-state index contributed by atoms with van der Waals surface area (Å²) in [5, 5.41) is 27.3. The fraction of sp³-hybridized carbons (Fsp3) is 0.227. The Balaban J connectivity index is 0.000000572. The SMILES string of the molecule is CC(C)(CNc1nc2ccc(C(=O)Oc3ccc(C(=N)N)cc3)cc2s1)C(=O)O.O=C(O)C(F)(F)F. The molecular formula is C22H21F3N4O6S. The van der Waals surface area contributed by atoms with E-state index < -0.39 is 29.5 Å². The molecule has 36 heavy (non-hydrogen) atoms. The second-order valence-electron chi connectivity index (χ2n) is 7.87. The number of benzene rings is 2. The molecule has 0 atom stereocenters. The highest BCUT2D eigenvalue weighted by Gasteiger charge is 2.38. The van der Waals surface area contributed by atoms with Gasteiger partial charge in [0.2, 0.25) is 0 Å². The van der Waals surface area contributed by atoms with Crippen molar-refractivity contribution in [3.8, 4) is 5.75 Å². The molecule has 0 fully saturated rings. The molecular weight excluding hydrogens is 505 g/mol. The van der Waals surface area contributed by atoms with Gasteiger partial charge in [-0.2, -0.15) is 13.2 Å². The number of alkyl halides is 3. The van der Waals surface area contributed by atoms with Crippen molar-refractivity contribution in [1.82, 2.24) is 4.98 Å². The third kappa shape index (κ3) is 7.66. The van der Waals surface area contributed by atoms with Crippen molar-refractivity contribution in [3.05, 3.63) is 53.6 Å². The van der Waals surface area contributed by atoms with Crippen LogP contribution in [-0.2, 0) is 9.59 Å². The molecule has 0 spiro atoms. The number of anilines is 1. The first-order chi connectivity index (χ1) is 16.6. The minimum atomic E-state index is -5.08. The second kappa shape index (κ2) is 11.0. The Morgan fingerprint density at radius 2 is 1.61 bits per heavy atom. The Kier molecular flexibility index (Phi) is 8.59. The van der Waals surface area contributed by atoms with Crippen molar-refractivity contribution >= 4 is 50.4 Å². The number of carboxylic acids is 2. The highest BCUT2D eigenvalue weighted by Crippen LogP contribution is 2.28.